The summed E-state index contributed by atoms with van der Waals surface area (Å²) in [6.45, 7) is 1.29. The number of hydrogen-bond acceptors (Lipinski definition) is 4. The molecule has 0 spiro atoms. The molecule has 3 heterocycles. The number of para-hydroxylation sites is 1. The highest BCUT2D eigenvalue weighted by Gasteiger charge is 2.26. The van der Waals surface area contributed by atoms with Gasteiger partial charge in [-0.25, -0.2) is 4.98 Å². The third-order valence-electron chi connectivity index (χ3n) is 4.49. The summed E-state index contributed by atoms with van der Waals surface area (Å²) in [5.41, 5.74) is 9.02. The predicted octanol–water partition coefficient (Wildman–Crippen LogP) is 3.23. The number of nitrogens with zero attached hydrogens (tertiary/aromatic N) is 3. The Morgan fingerprint density at radius 2 is 2.16 bits per heavy atom. The summed E-state index contributed by atoms with van der Waals surface area (Å²) in [6, 6.07) is 11.5. The number of nitrogens with two attached hydrogens (primary N) is 1. The van der Waals surface area contributed by atoms with Gasteiger partial charge in [0.1, 0.15) is 0 Å². The third-order valence-corrected chi connectivity index (χ3v) is 5.13. The Kier molecular flexibility index (Phi) is 4.23. The van der Waals surface area contributed by atoms with Gasteiger partial charge >= 0.3 is 0 Å². The number of likely N-dealkylation sites (tertiary alicyclic amines) is 1. The molecule has 1 aromatic carbocycles. The van der Waals surface area contributed by atoms with Crippen molar-refractivity contribution >= 4 is 32.7 Å². The minimum atomic E-state index is 0.00332. The van der Waals surface area contributed by atoms with Crippen molar-refractivity contribution in [3.05, 3.63) is 58.8 Å². The zero-order chi connectivity index (χ0) is 17.4. The molecular formula is C19H17BrN4O. The van der Waals surface area contributed by atoms with Crippen LogP contribution in [0.4, 0.5) is 0 Å². The van der Waals surface area contributed by atoms with Crippen LogP contribution in [-0.2, 0) is 0 Å². The molecule has 1 aliphatic rings. The molecule has 2 N–H and O–H groups in total. The van der Waals surface area contributed by atoms with E-state index in [9.17, 15) is 4.79 Å². The van der Waals surface area contributed by atoms with Gasteiger partial charge < -0.3 is 10.6 Å². The quantitative estimate of drug-likeness (QED) is 0.721. The molecule has 3 aromatic rings. The number of carbonyl (C=O) groups excluding carboxylic acids is 1. The first-order valence-electron chi connectivity index (χ1n) is 8.18. The van der Waals surface area contributed by atoms with Gasteiger partial charge in [-0.05, 0) is 46.6 Å². The Morgan fingerprint density at radius 1 is 1.28 bits per heavy atom. The van der Waals surface area contributed by atoms with Crippen molar-refractivity contribution in [2.75, 3.05) is 13.1 Å². The number of aromatic nitrogens is 2. The van der Waals surface area contributed by atoms with Crippen molar-refractivity contribution in [3.63, 3.8) is 0 Å². The molecule has 4 rings (SSSR count). The van der Waals surface area contributed by atoms with E-state index in [1.807, 2.05) is 41.3 Å². The fourth-order valence-electron chi connectivity index (χ4n) is 3.19. The Hall–Kier alpha value is -2.31. The summed E-state index contributed by atoms with van der Waals surface area (Å²) in [6.07, 6.45) is 4.32. The van der Waals surface area contributed by atoms with Crippen LogP contribution in [0.25, 0.3) is 22.2 Å². The number of rotatable bonds is 2. The van der Waals surface area contributed by atoms with Crippen LogP contribution in [0.2, 0.25) is 0 Å². The third kappa shape index (κ3) is 3.03. The van der Waals surface area contributed by atoms with Crippen LogP contribution in [0.5, 0.6) is 0 Å². The second kappa shape index (κ2) is 6.54. The van der Waals surface area contributed by atoms with Crippen LogP contribution in [-0.4, -0.2) is 39.9 Å². The monoisotopic (exact) mass is 396 g/mol. The fourth-order valence-corrected chi connectivity index (χ4v) is 3.65. The number of fused-ring (bicyclic) bond motifs is 1. The normalized spacial score (nSPS) is 17.2. The summed E-state index contributed by atoms with van der Waals surface area (Å²) >= 11 is 3.56. The van der Waals surface area contributed by atoms with Gasteiger partial charge in [0.25, 0.3) is 5.91 Å². The highest BCUT2D eigenvalue weighted by molar-refractivity contribution is 9.10. The molecule has 0 radical (unpaired) electrons. The zero-order valence-electron chi connectivity index (χ0n) is 13.5. The summed E-state index contributed by atoms with van der Waals surface area (Å²) in [4.78, 5) is 23.8. The van der Waals surface area contributed by atoms with Crippen LogP contribution < -0.4 is 5.73 Å². The van der Waals surface area contributed by atoms with Crippen molar-refractivity contribution in [1.29, 1.82) is 0 Å². The molecule has 2 aromatic heterocycles. The Labute approximate surface area is 154 Å². The Balaban J connectivity index is 1.90. The number of benzene rings is 1. The van der Waals surface area contributed by atoms with Crippen molar-refractivity contribution in [1.82, 2.24) is 14.9 Å². The Bertz CT molecular complexity index is 945. The molecule has 1 aliphatic heterocycles. The van der Waals surface area contributed by atoms with Crippen molar-refractivity contribution in [2.45, 2.75) is 12.5 Å². The number of pyridine rings is 2. The molecule has 1 fully saturated rings. The van der Waals surface area contributed by atoms with E-state index in [0.29, 0.717) is 18.7 Å². The smallest absolute Gasteiger partial charge is 0.254 e. The van der Waals surface area contributed by atoms with Crippen LogP contribution in [0.1, 0.15) is 16.8 Å². The molecule has 1 amide bonds. The average Bonchev–Trinajstić information content (AvgIpc) is 3.08. The molecular weight excluding hydrogens is 380 g/mol. The number of carbonyl (C=O) groups is 1. The van der Waals surface area contributed by atoms with E-state index in [4.69, 9.17) is 10.7 Å². The van der Waals surface area contributed by atoms with Gasteiger partial charge in [0, 0.05) is 46.9 Å². The van der Waals surface area contributed by atoms with Crippen LogP contribution in [0.15, 0.2) is 53.3 Å². The Morgan fingerprint density at radius 3 is 2.88 bits per heavy atom. The van der Waals surface area contributed by atoms with Crippen molar-refractivity contribution in [3.8, 4) is 11.3 Å². The number of halogens is 1. The highest BCUT2D eigenvalue weighted by atomic mass is 79.9. The van der Waals surface area contributed by atoms with Crippen LogP contribution in [0, 0.1) is 0 Å². The molecule has 1 atom stereocenters. The lowest BCUT2D eigenvalue weighted by Crippen LogP contribution is -2.32. The SMILES string of the molecule is N[C@H]1CCN(C(=O)c2cc(-c3cccnc3)nc3c(Br)cccc23)C1. The summed E-state index contributed by atoms with van der Waals surface area (Å²) in [5, 5.41) is 0.840. The first kappa shape index (κ1) is 16.2. The largest absolute Gasteiger partial charge is 0.337 e. The summed E-state index contributed by atoms with van der Waals surface area (Å²) in [7, 11) is 0. The molecule has 126 valence electrons. The van der Waals surface area contributed by atoms with Gasteiger partial charge in [-0.3, -0.25) is 9.78 Å². The zero-order valence-corrected chi connectivity index (χ0v) is 15.1. The van der Waals surface area contributed by atoms with E-state index in [0.717, 1.165) is 33.1 Å². The average molecular weight is 397 g/mol. The van der Waals surface area contributed by atoms with Gasteiger partial charge in [-0.15, -0.1) is 0 Å². The van der Waals surface area contributed by atoms with Crippen molar-refractivity contribution < 1.29 is 4.79 Å². The second-order valence-corrected chi connectivity index (χ2v) is 7.09. The summed E-state index contributed by atoms with van der Waals surface area (Å²) in [5.74, 6) is 0.00332. The van der Waals surface area contributed by atoms with Crippen LogP contribution in [0.3, 0.4) is 0 Å². The molecule has 0 bridgehead atoms. The van der Waals surface area contributed by atoms with Gasteiger partial charge in [0.05, 0.1) is 16.8 Å². The van der Waals surface area contributed by atoms with Gasteiger partial charge in [0.2, 0.25) is 0 Å². The highest BCUT2D eigenvalue weighted by Crippen LogP contribution is 2.30. The first-order chi connectivity index (χ1) is 12.1. The lowest BCUT2D eigenvalue weighted by Gasteiger charge is -2.18. The first-order valence-corrected chi connectivity index (χ1v) is 8.97. The molecule has 1 saturated heterocycles. The lowest BCUT2D eigenvalue weighted by atomic mass is 10.0. The number of hydrogen-bond donors (Lipinski definition) is 1. The lowest BCUT2D eigenvalue weighted by molar-refractivity contribution is 0.0793. The fraction of sp³-hybridized carbons (Fsp3) is 0.211. The topological polar surface area (TPSA) is 72.1 Å². The standard InChI is InChI=1S/C19H17BrN4O/c20-16-5-1-4-14-15(19(25)24-8-6-13(21)11-24)9-17(23-18(14)16)12-3-2-7-22-10-12/h1-5,7,9-10,13H,6,8,11,21H2/t13-/m0/s1. The van der Waals surface area contributed by atoms with Gasteiger partial charge in [-0.2, -0.15) is 0 Å². The van der Waals surface area contributed by atoms with E-state index < -0.39 is 0 Å². The summed E-state index contributed by atoms with van der Waals surface area (Å²) < 4.78 is 0.864. The maximum absolute atomic E-state index is 13.1. The molecule has 5 nitrogen and oxygen atoms in total. The molecule has 6 heteroatoms. The molecule has 0 aliphatic carbocycles. The minimum Gasteiger partial charge on any atom is -0.337 e. The van der Waals surface area contributed by atoms with E-state index in [1.54, 1.807) is 12.4 Å². The van der Waals surface area contributed by atoms with E-state index >= 15 is 0 Å². The predicted molar refractivity (Wildman–Crippen MR) is 101 cm³/mol. The van der Waals surface area contributed by atoms with E-state index in [-0.39, 0.29) is 11.9 Å². The maximum Gasteiger partial charge on any atom is 0.254 e. The van der Waals surface area contributed by atoms with Gasteiger partial charge in [-0.1, -0.05) is 12.1 Å². The van der Waals surface area contributed by atoms with Crippen molar-refractivity contribution in [2.24, 2.45) is 5.73 Å². The van der Waals surface area contributed by atoms with Crippen LogP contribution >= 0.6 is 15.9 Å². The van der Waals surface area contributed by atoms with Gasteiger partial charge in [0.15, 0.2) is 0 Å². The van der Waals surface area contributed by atoms with E-state index in [1.165, 1.54) is 0 Å². The van der Waals surface area contributed by atoms with E-state index in [2.05, 4.69) is 20.9 Å². The number of amides is 1. The molecule has 0 saturated carbocycles. The molecule has 25 heavy (non-hydrogen) atoms. The maximum atomic E-state index is 13.1. The second-order valence-electron chi connectivity index (χ2n) is 6.23. The minimum absolute atomic E-state index is 0.00332. The molecule has 0 unspecified atom stereocenters.